The molecule has 0 spiro atoms. The number of carbonyl (C=O) groups is 1. The number of nitrogens with one attached hydrogen (secondary N) is 2. The molecule has 33 heavy (non-hydrogen) atoms. The molecule has 0 radical (unpaired) electrons. The van der Waals surface area contributed by atoms with Gasteiger partial charge < -0.3 is 15.7 Å². The van der Waals surface area contributed by atoms with Crippen molar-refractivity contribution >= 4 is 29.1 Å². The second-order valence-corrected chi connectivity index (χ2v) is 11.1. The van der Waals surface area contributed by atoms with Gasteiger partial charge in [-0.25, -0.2) is 0 Å². The molecule has 1 aromatic carbocycles. The predicted octanol–water partition coefficient (Wildman–Crippen LogP) is 4.69. The summed E-state index contributed by atoms with van der Waals surface area (Å²) >= 11 is 12.5. The lowest BCUT2D eigenvalue weighted by Gasteiger charge is -2.39. The molecule has 0 saturated carbocycles. The second kappa shape index (κ2) is 10.6. The van der Waals surface area contributed by atoms with E-state index in [1.807, 2.05) is 30.4 Å². The number of nitriles is 1. The topological polar surface area (TPSA) is 85.2 Å². The molecule has 1 fully saturated rings. The monoisotopic (exact) mass is 489 g/mol. The molecule has 5 atom stereocenters. The number of allylic oxidation sites excluding steroid dienone is 3. The Morgan fingerprint density at radius 3 is 2.58 bits per heavy atom. The van der Waals surface area contributed by atoms with Crippen molar-refractivity contribution < 1.29 is 9.90 Å². The predicted molar refractivity (Wildman–Crippen MR) is 133 cm³/mol. The lowest BCUT2D eigenvalue weighted by molar-refractivity contribution is -0.124. The van der Waals surface area contributed by atoms with E-state index in [4.69, 9.17) is 28.3 Å². The quantitative estimate of drug-likeness (QED) is 0.484. The van der Waals surface area contributed by atoms with Gasteiger partial charge in [0.15, 0.2) is 0 Å². The maximum Gasteiger partial charge on any atom is 0.237 e. The molecule has 178 valence electrons. The van der Waals surface area contributed by atoms with Gasteiger partial charge in [0.05, 0.1) is 12.1 Å². The van der Waals surface area contributed by atoms with Crippen LogP contribution in [0.15, 0.2) is 47.5 Å². The lowest BCUT2D eigenvalue weighted by Crippen LogP contribution is -2.47. The van der Waals surface area contributed by atoms with Crippen molar-refractivity contribution in [3.63, 3.8) is 0 Å². The first kappa shape index (κ1) is 25.8. The molecule has 0 bridgehead atoms. The molecule has 7 heteroatoms. The van der Waals surface area contributed by atoms with Crippen LogP contribution in [0.3, 0.4) is 0 Å². The number of nitrogens with zero attached hydrogens (tertiary/aromatic N) is 1. The van der Waals surface area contributed by atoms with Gasteiger partial charge in [-0.1, -0.05) is 68.3 Å². The minimum absolute atomic E-state index is 0.0109. The third kappa shape index (κ3) is 5.63. The maximum absolute atomic E-state index is 13.4. The fourth-order valence-electron chi connectivity index (χ4n) is 5.23. The van der Waals surface area contributed by atoms with Gasteiger partial charge in [-0.15, -0.1) is 0 Å². The summed E-state index contributed by atoms with van der Waals surface area (Å²) in [6, 6.07) is 9.23. The summed E-state index contributed by atoms with van der Waals surface area (Å²) in [6.07, 6.45) is 7.76. The fraction of sp³-hybridized carbons (Fsp3) is 0.538. The summed E-state index contributed by atoms with van der Waals surface area (Å²) < 4.78 is 0. The zero-order valence-electron chi connectivity index (χ0n) is 19.4. The first-order valence-corrected chi connectivity index (χ1v) is 12.2. The van der Waals surface area contributed by atoms with E-state index in [1.54, 1.807) is 12.1 Å². The molecule has 1 aliphatic heterocycles. The number of aliphatic hydroxyl groups excluding tert-OH is 1. The van der Waals surface area contributed by atoms with Crippen LogP contribution in [-0.2, 0) is 10.2 Å². The van der Waals surface area contributed by atoms with Crippen LogP contribution in [0.4, 0.5) is 0 Å². The Hall–Kier alpha value is -1.84. The molecule has 1 unspecified atom stereocenters. The molecule has 1 aromatic rings. The SMILES string of the molecule is CC(C)(C)C[C@H]1[C@H](C(=O)NCCCO)N[C@H](C2C=C(Cl)C=CC2)[C@]1(C#N)c1ccc(Cl)cc1. The van der Waals surface area contributed by atoms with Crippen LogP contribution in [0.2, 0.25) is 5.02 Å². The van der Waals surface area contributed by atoms with E-state index in [1.165, 1.54) is 0 Å². The number of hydrogen-bond donors (Lipinski definition) is 3. The minimum atomic E-state index is -0.958. The third-order valence-corrected chi connectivity index (χ3v) is 7.08. The largest absolute Gasteiger partial charge is 0.396 e. The lowest BCUT2D eigenvalue weighted by atomic mass is 9.61. The van der Waals surface area contributed by atoms with Gasteiger partial charge in [0, 0.05) is 35.2 Å². The average Bonchev–Trinajstić information content (AvgIpc) is 3.08. The van der Waals surface area contributed by atoms with Crippen LogP contribution in [0, 0.1) is 28.6 Å². The van der Waals surface area contributed by atoms with Crippen molar-refractivity contribution in [3.8, 4) is 6.07 Å². The Labute approximate surface area is 206 Å². The van der Waals surface area contributed by atoms with Crippen LogP contribution < -0.4 is 10.6 Å². The molecular weight excluding hydrogens is 457 g/mol. The molecule has 1 aliphatic carbocycles. The molecule has 3 rings (SSSR count). The van der Waals surface area contributed by atoms with E-state index in [2.05, 4.69) is 37.5 Å². The van der Waals surface area contributed by atoms with Crippen molar-refractivity contribution in [2.24, 2.45) is 17.3 Å². The van der Waals surface area contributed by atoms with Crippen LogP contribution in [-0.4, -0.2) is 36.2 Å². The van der Waals surface area contributed by atoms with Gasteiger partial charge in [-0.05, 0) is 54.4 Å². The van der Waals surface area contributed by atoms with Crippen LogP contribution in [0.25, 0.3) is 0 Å². The Balaban J connectivity index is 2.14. The molecule has 1 heterocycles. The number of hydrogen-bond acceptors (Lipinski definition) is 4. The van der Waals surface area contributed by atoms with Crippen LogP contribution in [0.5, 0.6) is 0 Å². The molecule has 0 aromatic heterocycles. The van der Waals surface area contributed by atoms with Gasteiger partial charge in [0.2, 0.25) is 5.91 Å². The summed E-state index contributed by atoms with van der Waals surface area (Å²) in [5.41, 5.74) is -0.217. The van der Waals surface area contributed by atoms with Gasteiger partial charge >= 0.3 is 0 Å². The fourth-order valence-corrected chi connectivity index (χ4v) is 5.60. The zero-order valence-corrected chi connectivity index (χ0v) is 21.0. The summed E-state index contributed by atoms with van der Waals surface area (Å²) in [6.45, 7) is 6.79. The molecule has 5 nitrogen and oxygen atoms in total. The van der Waals surface area contributed by atoms with Crippen molar-refractivity contribution in [2.45, 2.75) is 57.5 Å². The van der Waals surface area contributed by atoms with Crippen molar-refractivity contribution in [2.75, 3.05) is 13.2 Å². The van der Waals surface area contributed by atoms with E-state index < -0.39 is 11.5 Å². The van der Waals surface area contributed by atoms with E-state index in [-0.39, 0.29) is 35.8 Å². The Morgan fingerprint density at radius 2 is 2.00 bits per heavy atom. The Morgan fingerprint density at radius 1 is 1.30 bits per heavy atom. The molecule has 3 N–H and O–H groups in total. The number of aliphatic hydroxyl groups is 1. The second-order valence-electron chi connectivity index (χ2n) is 10.2. The average molecular weight is 490 g/mol. The Bertz CT molecular complexity index is 946. The molecule has 2 aliphatic rings. The minimum Gasteiger partial charge on any atom is -0.396 e. The number of carbonyl (C=O) groups excluding carboxylic acids is 1. The number of benzene rings is 1. The summed E-state index contributed by atoms with van der Waals surface area (Å²) in [4.78, 5) is 13.4. The number of halogens is 2. The van der Waals surface area contributed by atoms with Gasteiger partial charge in [0.25, 0.3) is 0 Å². The first-order valence-electron chi connectivity index (χ1n) is 11.5. The van der Waals surface area contributed by atoms with Crippen LogP contribution in [0.1, 0.15) is 45.6 Å². The van der Waals surface area contributed by atoms with Gasteiger partial charge in [-0.2, -0.15) is 5.26 Å². The van der Waals surface area contributed by atoms with E-state index >= 15 is 0 Å². The molecule has 1 amide bonds. The van der Waals surface area contributed by atoms with E-state index in [9.17, 15) is 10.1 Å². The molecule has 1 saturated heterocycles. The highest BCUT2D eigenvalue weighted by atomic mass is 35.5. The molecular formula is C26H33Cl2N3O2. The van der Waals surface area contributed by atoms with Crippen molar-refractivity contribution in [3.05, 3.63) is 58.1 Å². The van der Waals surface area contributed by atoms with Gasteiger partial charge in [0.1, 0.15) is 5.41 Å². The summed E-state index contributed by atoms with van der Waals surface area (Å²) in [5.74, 6) is -0.466. The first-order chi connectivity index (χ1) is 15.6. The number of rotatable bonds is 7. The summed E-state index contributed by atoms with van der Waals surface area (Å²) in [7, 11) is 0. The van der Waals surface area contributed by atoms with Crippen molar-refractivity contribution in [1.82, 2.24) is 10.6 Å². The standard InChI is InChI=1S/C26H33Cl2N3O2/c1-25(2,3)15-21-22(24(33)30-12-5-13-32)31-23(17-6-4-7-20(28)14-17)26(21,16-29)18-8-10-19(27)11-9-18/h4,7-11,14,17,21-23,31-32H,5-6,12-13,15H2,1-3H3,(H,30,33)/t17?,21-,22+,23+,26+/m0/s1. The van der Waals surface area contributed by atoms with Crippen molar-refractivity contribution in [1.29, 1.82) is 5.26 Å². The van der Waals surface area contributed by atoms with E-state index in [0.29, 0.717) is 29.4 Å². The third-order valence-electron chi connectivity index (χ3n) is 6.58. The highest BCUT2D eigenvalue weighted by Gasteiger charge is 2.60. The maximum atomic E-state index is 13.4. The highest BCUT2D eigenvalue weighted by Crippen LogP contribution is 2.50. The summed E-state index contributed by atoms with van der Waals surface area (Å²) in [5, 5.41) is 27.7. The smallest absolute Gasteiger partial charge is 0.237 e. The normalized spacial score (nSPS) is 29.4. The Kier molecular flexibility index (Phi) is 8.29. The zero-order chi connectivity index (χ0) is 24.2. The van der Waals surface area contributed by atoms with E-state index in [0.717, 1.165) is 12.0 Å². The number of amides is 1. The van der Waals surface area contributed by atoms with Crippen LogP contribution >= 0.6 is 23.2 Å². The highest BCUT2D eigenvalue weighted by molar-refractivity contribution is 6.31. The van der Waals surface area contributed by atoms with Gasteiger partial charge in [-0.3, -0.25) is 4.79 Å².